The molecule has 0 unspecified atom stereocenters. The van der Waals surface area contributed by atoms with Crippen LogP contribution in [0.5, 0.6) is 5.75 Å². The van der Waals surface area contributed by atoms with Crippen LogP contribution in [-0.2, 0) is 16.1 Å². The van der Waals surface area contributed by atoms with Crippen molar-refractivity contribution in [2.75, 3.05) is 6.61 Å². The molecular formula is C29H23BrINO4. The first-order valence-electron chi connectivity index (χ1n) is 11.6. The Balaban J connectivity index is 1.53. The van der Waals surface area contributed by atoms with Gasteiger partial charge >= 0.3 is 5.97 Å². The van der Waals surface area contributed by atoms with Crippen LogP contribution in [0.3, 0.4) is 0 Å². The fourth-order valence-electron chi connectivity index (χ4n) is 4.70. The molecule has 1 N–H and O–H groups in total. The molecule has 0 amide bonds. The number of rotatable bonds is 6. The van der Waals surface area contributed by atoms with E-state index in [1.54, 1.807) is 6.92 Å². The smallest absolute Gasteiger partial charge is 0.336 e. The van der Waals surface area contributed by atoms with Crippen molar-refractivity contribution in [3.8, 4) is 5.75 Å². The lowest BCUT2D eigenvalue weighted by molar-refractivity contribution is -0.138. The molecule has 0 saturated heterocycles. The Morgan fingerprint density at radius 1 is 1.06 bits per heavy atom. The van der Waals surface area contributed by atoms with Gasteiger partial charge in [0.2, 0.25) is 0 Å². The van der Waals surface area contributed by atoms with Crippen molar-refractivity contribution in [2.24, 2.45) is 0 Å². The average Bonchev–Trinajstić information content (AvgIpc) is 3.15. The van der Waals surface area contributed by atoms with E-state index in [0.717, 1.165) is 36.2 Å². The van der Waals surface area contributed by atoms with E-state index >= 15 is 0 Å². The lowest BCUT2D eigenvalue weighted by atomic mass is 9.80. The van der Waals surface area contributed by atoms with Crippen LogP contribution in [0.15, 0.2) is 88.0 Å². The van der Waals surface area contributed by atoms with E-state index in [2.05, 4.69) is 43.8 Å². The Bertz CT molecular complexity index is 1440. The van der Waals surface area contributed by atoms with E-state index in [4.69, 9.17) is 9.47 Å². The van der Waals surface area contributed by atoms with Crippen molar-refractivity contribution in [3.63, 3.8) is 0 Å². The molecule has 3 aromatic carbocycles. The monoisotopic (exact) mass is 655 g/mol. The van der Waals surface area contributed by atoms with E-state index in [1.807, 2.05) is 73.7 Å². The zero-order valence-corrected chi connectivity index (χ0v) is 23.5. The number of hydrogen-bond donors (Lipinski definition) is 1. The number of allylic oxidation sites excluding steroid dienone is 2. The first kappa shape index (κ1) is 24.8. The molecule has 3 aromatic rings. The quantitative estimate of drug-likeness (QED) is 0.235. The standard InChI is InChI=1S/C29H23BrINO4/c1-3-35-29(34)24-16(2)32-27-20-6-4-5-7-21(20)28(33)26(27)25(24)18-10-13-23(22(31)14-18)36-15-17-8-11-19(30)12-9-17/h4-14,25,32H,3,15H2,1-2H3/t25-/m1/s1. The fourth-order valence-corrected chi connectivity index (χ4v) is 5.66. The van der Waals surface area contributed by atoms with Gasteiger partial charge in [0.1, 0.15) is 12.4 Å². The highest BCUT2D eigenvalue weighted by atomic mass is 127. The number of fused-ring (bicyclic) bond motifs is 2. The SMILES string of the molecule is CCOC(=O)C1=C(C)NC2=C(C(=O)c3ccccc32)[C@@H]1c1ccc(OCc2ccc(Br)cc2)c(I)c1. The summed E-state index contributed by atoms with van der Waals surface area (Å²) < 4.78 is 13.4. The molecule has 1 atom stereocenters. The van der Waals surface area contributed by atoms with E-state index < -0.39 is 11.9 Å². The normalized spacial score (nSPS) is 16.4. The van der Waals surface area contributed by atoms with Crippen LogP contribution in [0.1, 0.15) is 46.8 Å². The van der Waals surface area contributed by atoms with E-state index in [1.165, 1.54) is 0 Å². The second-order valence-electron chi connectivity index (χ2n) is 8.59. The summed E-state index contributed by atoms with van der Waals surface area (Å²) in [5.74, 6) is -0.301. The summed E-state index contributed by atoms with van der Waals surface area (Å²) in [6.45, 7) is 4.32. The lowest BCUT2D eigenvalue weighted by Crippen LogP contribution is -2.29. The van der Waals surface area contributed by atoms with Crippen LogP contribution < -0.4 is 10.1 Å². The number of dihydropyridines is 1. The molecule has 5 rings (SSSR count). The highest BCUT2D eigenvalue weighted by molar-refractivity contribution is 14.1. The molecular weight excluding hydrogens is 633 g/mol. The molecule has 0 radical (unpaired) electrons. The van der Waals surface area contributed by atoms with Crippen molar-refractivity contribution in [1.29, 1.82) is 0 Å². The number of Topliss-reactive ketones (excluding diaryl/α,β-unsaturated/α-hetero) is 1. The predicted octanol–water partition coefficient (Wildman–Crippen LogP) is 6.76. The maximum absolute atomic E-state index is 13.6. The van der Waals surface area contributed by atoms with Crippen LogP contribution in [-0.4, -0.2) is 18.4 Å². The Morgan fingerprint density at radius 2 is 1.78 bits per heavy atom. The second-order valence-corrected chi connectivity index (χ2v) is 10.7. The summed E-state index contributed by atoms with van der Waals surface area (Å²) >= 11 is 5.69. The molecule has 0 saturated carbocycles. The van der Waals surface area contributed by atoms with Crippen LogP contribution in [0.25, 0.3) is 5.70 Å². The highest BCUT2D eigenvalue weighted by Gasteiger charge is 2.43. The van der Waals surface area contributed by atoms with Gasteiger partial charge in [-0.05, 0) is 71.8 Å². The Kier molecular flexibility index (Phi) is 7.03. The number of esters is 1. The molecule has 1 aliphatic carbocycles. The molecule has 0 aromatic heterocycles. The predicted molar refractivity (Wildman–Crippen MR) is 151 cm³/mol. The first-order chi connectivity index (χ1) is 17.4. The van der Waals surface area contributed by atoms with Gasteiger partial charge in [-0.3, -0.25) is 4.79 Å². The van der Waals surface area contributed by atoms with Gasteiger partial charge in [0.25, 0.3) is 0 Å². The van der Waals surface area contributed by atoms with Gasteiger partial charge in [-0.15, -0.1) is 0 Å². The van der Waals surface area contributed by atoms with Gasteiger partial charge in [-0.1, -0.05) is 58.4 Å². The van der Waals surface area contributed by atoms with E-state index in [9.17, 15) is 9.59 Å². The molecule has 0 spiro atoms. The van der Waals surface area contributed by atoms with E-state index in [-0.39, 0.29) is 12.4 Å². The molecule has 0 fully saturated rings. The number of nitrogens with one attached hydrogen (secondary N) is 1. The van der Waals surface area contributed by atoms with Crippen molar-refractivity contribution >= 4 is 56.0 Å². The summed E-state index contributed by atoms with van der Waals surface area (Å²) in [6, 6.07) is 21.4. The summed E-state index contributed by atoms with van der Waals surface area (Å²) in [5.41, 5.74) is 5.87. The number of carbonyl (C=O) groups is 2. The second kappa shape index (κ2) is 10.2. The largest absolute Gasteiger partial charge is 0.488 e. The molecule has 1 aliphatic heterocycles. The summed E-state index contributed by atoms with van der Waals surface area (Å²) in [6.07, 6.45) is 0. The molecule has 182 valence electrons. The summed E-state index contributed by atoms with van der Waals surface area (Å²) in [4.78, 5) is 26.7. The number of ketones is 1. The Hall–Kier alpha value is -2.91. The molecule has 1 heterocycles. The van der Waals surface area contributed by atoms with Crippen molar-refractivity contribution in [3.05, 3.63) is 114 Å². The zero-order valence-electron chi connectivity index (χ0n) is 19.7. The van der Waals surface area contributed by atoms with E-state index in [0.29, 0.717) is 29.0 Å². The number of ether oxygens (including phenoxy) is 2. The van der Waals surface area contributed by atoms with Crippen LogP contribution in [0.2, 0.25) is 0 Å². The van der Waals surface area contributed by atoms with Gasteiger partial charge in [-0.2, -0.15) is 0 Å². The van der Waals surface area contributed by atoms with Crippen molar-refractivity contribution in [2.45, 2.75) is 26.4 Å². The van der Waals surface area contributed by atoms with Crippen LogP contribution in [0, 0.1) is 3.57 Å². The minimum absolute atomic E-state index is 0.0713. The lowest BCUT2D eigenvalue weighted by Gasteiger charge is -2.29. The van der Waals surface area contributed by atoms with Crippen molar-refractivity contribution in [1.82, 2.24) is 5.32 Å². The third-order valence-corrected chi connectivity index (χ3v) is 7.71. The minimum Gasteiger partial charge on any atom is -0.488 e. The third kappa shape index (κ3) is 4.50. The maximum atomic E-state index is 13.6. The van der Waals surface area contributed by atoms with Gasteiger partial charge in [0.05, 0.1) is 21.4 Å². The fraction of sp³-hybridized carbons (Fsp3) is 0.172. The number of halogens is 2. The van der Waals surface area contributed by atoms with Gasteiger partial charge in [0, 0.05) is 32.8 Å². The summed E-state index contributed by atoms with van der Waals surface area (Å²) in [7, 11) is 0. The minimum atomic E-state index is -0.547. The molecule has 5 nitrogen and oxygen atoms in total. The van der Waals surface area contributed by atoms with Crippen LogP contribution >= 0.6 is 38.5 Å². The van der Waals surface area contributed by atoms with Gasteiger partial charge < -0.3 is 14.8 Å². The zero-order chi connectivity index (χ0) is 25.4. The average molecular weight is 656 g/mol. The van der Waals surface area contributed by atoms with Crippen LogP contribution in [0.4, 0.5) is 0 Å². The number of carbonyl (C=O) groups excluding carboxylic acids is 2. The highest BCUT2D eigenvalue weighted by Crippen LogP contribution is 2.47. The molecule has 36 heavy (non-hydrogen) atoms. The van der Waals surface area contributed by atoms with Crippen molar-refractivity contribution < 1.29 is 19.1 Å². The van der Waals surface area contributed by atoms with Gasteiger partial charge in [0.15, 0.2) is 5.78 Å². The third-order valence-electron chi connectivity index (χ3n) is 6.34. The Labute approximate surface area is 231 Å². The number of hydrogen-bond acceptors (Lipinski definition) is 5. The molecule has 2 aliphatic rings. The first-order valence-corrected chi connectivity index (χ1v) is 13.5. The van der Waals surface area contributed by atoms with Gasteiger partial charge in [-0.25, -0.2) is 4.79 Å². The number of benzene rings is 3. The maximum Gasteiger partial charge on any atom is 0.336 e. The Morgan fingerprint density at radius 3 is 2.47 bits per heavy atom. The molecule has 0 bridgehead atoms. The topological polar surface area (TPSA) is 64.6 Å². The molecule has 7 heteroatoms. The summed E-state index contributed by atoms with van der Waals surface area (Å²) in [5, 5.41) is 3.33.